The van der Waals surface area contributed by atoms with E-state index >= 15 is 0 Å². The zero-order chi connectivity index (χ0) is 16.4. The second kappa shape index (κ2) is 6.24. The Balaban J connectivity index is 1.69. The minimum atomic E-state index is 0.242. The highest BCUT2D eigenvalue weighted by molar-refractivity contribution is 5.89. The molecule has 3 aromatic rings. The average Bonchev–Trinajstić information content (AvgIpc) is 3.07. The molecule has 0 saturated carbocycles. The van der Waals surface area contributed by atoms with E-state index in [-0.39, 0.29) is 6.79 Å². The van der Waals surface area contributed by atoms with Gasteiger partial charge in [0.15, 0.2) is 11.5 Å². The summed E-state index contributed by atoms with van der Waals surface area (Å²) in [5.74, 6) is 2.17. The molecule has 24 heavy (non-hydrogen) atoms. The lowest BCUT2D eigenvalue weighted by molar-refractivity contribution is 0.174. The summed E-state index contributed by atoms with van der Waals surface area (Å²) in [5.41, 5.74) is 1.77. The molecule has 0 amide bonds. The quantitative estimate of drug-likeness (QED) is 0.653. The van der Waals surface area contributed by atoms with Crippen LogP contribution in [0.3, 0.4) is 0 Å². The summed E-state index contributed by atoms with van der Waals surface area (Å²) >= 11 is 0. The first kappa shape index (κ1) is 14.6. The maximum Gasteiger partial charge on any atom is 0.231 e. The van der Waals surface area contributed by atoms with E-state index < -0.39 is 0 Å². The van der Waals surface area contributed by atoms with Gasteiger partial charge in [0.1, 0.15) is 5.75 Å². The molecule has 1 aliphatic rings. The number of benzene rings is 3. The Morgan fingerprint density at radius 1 is 1.00 bits per heavy atom. The molecule has 0 radical (unpaired) electrons. The molecule has 0 atom stereocenters. The Morgan fingerprint density at radius 3 is 2.62 bits per heavy atom. The van der Waals surface area contributed by atoms with E-state index in [1.807, 2.05) is 37.3 Å². The van der Waals surface area contributed by atoms with Crippen LogP contribution in [-0.2, 0) is 0 Å². The standard InChI is InChI=1S/C20H17NO3/c1-2-22-18-11-20-19(23-13-24-20)10-16(18)12-21-17-8-7-14-5-3-4-6-15(14)9-17/h3-12H,2,13H2,1H3. The summed E-state index contributed by atoms with van der Waals surface area (Å²) in [6, 6.07) is 18.1. The molecule has 0 aliphatic carbocycles. The van der Waals surface area contributed by atoms with Crippen LogP contribution in [0.5, 0.6) is 17.2 Å². The van der Waals surface area contributed by atoms with Crippen LogP contribution in [0.25, 0.3) is 10.8 Å². The van der Waals surface area contributed by atoms with Crippen molar-refractivity contribution in [3.8, 4) is 17.2 Å². The van der Waals surface area contributed by atoms with Crippen LogP contribution in [0.2, 0.25) is 0 Å². The fourth-order valence-corrected chi connectivity index (χ4v) is 2.72. The first-order valence-electron chi connectivity index (χ1n) is 7.93. The summed E-state index contributed by atoms with van der Waals surface area (Å²) in [5, 5.41) is 2.37. The Bertz CT molecular complexity index is 918. The first-order valence-corrected chi connectivity index (χ1v) is 7.93. The molecule has 0 unspecified atom stereocenters. The Kier molecular flexibility index (Phi) is 3.79. The summed E-state index contributed by atoms with van der Waals surface area (Å²) in [4.78, 5) is 4.59. The van der Waals surface area contributed by atoms with Crippen molar-refractivity contribution in [2.75, 3.05) is 13.4 Å². The Hall–Kier alpha value is -3.01. The minimum absolute atomic E-state index is 0.242. The van der Waals surface area contributed by atoms with Gasteiger partial charge in [-0.1, -0.05) is 30.3 Å². The molecule has 1 aliphatic heterocycles. The lowest BCUT2D eigenvalue weighted by Gasteiger charge is -2.08. The van der Waals surface area contributed by atoms with Crippen molar-refractivity contribution < 1.29 is 14.2 Å². The number of fused-ring (bicyclic) bond motifs is 2. The molecule has 120 valence electrons. The average molecular weight is 319 g/mol. The number of hydrogen-bond donors (Lipinski definition) is 0. The lowest BCUT2D eigenvalue weighted by Crippen LogP contribution is -1.96. The minimum Gasteiger partial charge on any atom is -0.493 e. The predicted molar refractivity (Wildman–Crippen MR) is 94.9 cm³/mol. The van der Waals surface area contributed by atoms with Gasteiger partial charge in [-0.2, -0.15) is 0 Å². The van der Waals surface area contributed by atoms with Crippen LogP contribution in [0.15, 0.2) is 59.6 Å². The molecule has 1 heterocycles. The molecule has 0 bridgehead atoms. The number of hydrogen-bond acceptors (Lipinski definition) is 4. The van der Waals surface area contributed by atoms with Crippen molar-refractivity contribution in [3.05, 3.63) is 60.2 Å². The van der Waals surface area contributed by atoms with Crippen LogP contribution < -0.4 is 14.2 Å². The third-order valence-corrected chi connectivity index (χ3v) is 3.89. The van der Waals surface area contributed by atoms with Gasteiger partial charge in [0.05, 0.1) is 12.3 Å². The van der Waals surface area contributed by atoms with Crippen molar-refractivity contribution >= 4 is 22.7 Å². The third-order valence-electron chi connectivity index (χ3n) is 3.89. The highest BCUT2D eigenvalue weighted by Gasteiger charge is 2.17. The Labute approximate surface area is 140 Å². The molecule has 4 nitrogen and oxygen atoms in total. The van der Waals surface area contributed by atoms with Gasteiger partial charge in [-0.3, -0.25) is 4.99 Å². The first-order chi connectivity index (χ1) is 11.8. The summed E-state index contributed by atoms with van der Waals surface area (Å²) < 4.78 is 16.5. The number of aliphatic imine (C=N–C) groups is 1. The monoisotopic (exact) mass is 319 g/mol. The van der Waals surface area contributed by atoms with Crippen LogP contribution in [0, 0.1) is 0 Å². The van der Waals surface area contributed by atoms with Gasteiger partial charge in [-0.25, -0.2) is 0 Å². The van der Waals surface area contributed by atoms with Crippen molar-refractivity contribution in [2.45, 2.75) is 6.92 Å². The molecule has 0 aromatic heterocycles. The fourth-order valence-electron chi connectivity index (χ4n) is 2.72. The van der Waals surface area contributed by atoms with Crippen LogP contribution in [0.4, 0.5) is 5.69 Å². The van der Waals surface area contributed by atoms with E-state index in [2.05, 4.69) is 29.3 Å². The summed E-state index contributed by atoms with van der Waals surface area (Å²) in [6.07, 6.45) is 1.80. The van der Waals surface area contributed by atoms with Gasteiger partial charge in [0, 0.05) is 17.8 Å². The molecular formula is C20H17NO3. The molecular weight excluding hydrogens is 302 g/mol. The third kappa shape index (κ3) is 2.78. The molecule has 0 fully saturated rings. The smallest absolute Gasteiger partial charge is 0.231 e. The van der Waals surface area contributed by atoms with Gasteiger partial charge >= 0.3 is 0 Å². The second-order valence-corrected chi connectivity index (χ2v) is 5.47. The van der Waals surface area contributed by atoms with Gasteiger partial charge < -0.3 is 14.2 Å². The van der Waals surface area contributed by atoms with E-state index in [0.717, 1.165) is 22.7 Å². The van der Waals surface area contributed by atoms with Crippen LogP contribution >= 0.6 is 0 Å². The molecule has 4 heteroatoms. The lowest BCUT2D eigenvalue weighted by atomic mass is 10.1. The van der Waals surface area contributed by atoms with E-state index in [4.69, 9.17) is 14.2 Å². The van der Waals surface area contributed by atoms with Gasteiger partial charge in [-0.15, -0.1) is 0 Å². The molecule has 0 N–H and O–H groups in total. The fraction of sp³-hybridized carbons (Fsp3) is 0.150. The topological polar surface area (TPSA) is 40.0 Å². The highest BCUT2D eigenvalue weighted by atomic mass is 16.7. The summed E-state index contributed by atoms with van der Waals surface area (Å²) in [7, 11) is 0. The molecule has 3 aromatic carbocycles. The van der Waals surface area contributed by atoms with E-state index in [1.54, 1.807) is 6.21 Å². The van der Waals surface area contributed by atoms with Crippen molar-refractivity contribution in [1.82, 2.24) is 0 Å². The van der Waals surface area contributed by atoms with Crippen molar-refractivity contribution in [3.63, 3.8) is 0 Å². The van der Waals surface area contributed by atoms with E-state index in [9.17, 15) is 0 Å². The predicted octanol–water partition coefficient (Wildman–Crippen LogP) is 4.72. The highest BCUT2D eigenvalue weighted by Crippen LogP contribution is 2.37. The van der Waals surface area contributed by atoms with Gasteiger partial charge in [0.2, 0.25) is 6.79 Å². The van der Waals surface area contributed by atoms with Gasteiger partial charge in [-0.05, 0) is 35.9 Å². The number of rotatable bonds is 4. The van der Waals surface area contributed by atoms with Crippen LogP contribution in [0.1, 0.15) is 12.5 Å². The van der Waals surface area contributed by atoms with Crippen molar-refractivity contribution in [2.24, 2.45) is 4.99 Å². The maximum absolute atomic E-state index is 5.69. The van der Waals surface area contributed by atoms with Gasteiger partial charge in [0.25, 0.3) is 0 Å². The zero-order valence-electron chi connectivity index (χ0n) is 13.4. The number of ether oxygens (including phenoxy) is 3. The van der Waals surface area contributed by atoms with E-state index in [0.29, 0.717) is 12.4 Å². The largest absolute Gasteiger partial charge is 0.493 e. The number of nitrogens with zero attached hydrogens (tertiary/aromatic N) is 1. The second-order valence-electron chi connectivity index (χ2n) is 5.47. The normalized spacial score (nSPS) is 12.9. The maximum atomic E-state index is 5.69. The molecule has 0 spiro atoms. The van der Waals surface area contributed by atoms with E-state index in [1.165, 1.54) is 10.8 Å². The Morgan fingerprint density at radius 2 is 1.79 bits per heavy atom. The molecule has 0 saturated heterocycles. The zero-order valence-corrected chi connectivity index (χ0v) is 13.4. The van der Waals surface area contributed by atoms with Crippen molar-refractivity contribution in [1.29, 1.82) is 0 Å². The summed E-state index contributed by atoms with van der Waals surface area (Å²) in [6.45, 7) is 2.78. The molecule has 4 rings (SSSR count). The van der Waals surface area contributed by atoms with Crippen LogP contribution in [-0.4, -0.2) is 19.6 Å². The SMILES string of the molecule is CCOc1cc2c(cc1C=Nc1ccc3ccccc3c1)OCO2.